The Morgan fingerprint density at radius 3 is 2.48 bits per heavy atom. The van der Waals surface area contributed by atoms with Gasteiger partial charge in [-0.3, -0.25) is 4.79 Å². The molecule has 27 heavy (non-hydrogen) atoms. The van der Waals surface area contributed by atoms with Gasteiger partial charge < -0.3 is 5.32 Å². The highest BCUT2D eigenvalue weighted by molar-refractivity contribution is 7.99. The molecule has 9 heteroatoms. The lowest BCUT2D eigenvalue weighted by Gasteiger charge is -2.14. The minimum absolute atomic E-state index is 0.0657. The SMILES string of the molecule is CN(C)S(=O)(=O)c1cc(C(=O)NCCCSc2ccc(F)cc2)ccc1Cl. The summed E-state index contributed by atoms with van der Waals surface area (Å²) in [5.41, 5.74) is 0.228. The summed E-state index contributed by atoms with van der Waals surface area (Å²) in [6, 6.07) is 10.4. The molecule has 0 radical (unpaired) electrons. The van der Waals surface area contributed by atoms with Gasteiger partial charge in [0.15, 0.2) is 0 Å². The van der Waals surface area contributed by atoms with Gasteiger partial charge in [-0.25, -0.2) is 17.1 Å². The predicted molar refractivity (Wildman–Crippen MR) is 106 cm³/mol. The number of hydrogen-bond donors (Lipinski definition) is 1. The third kappa shape index (κ3) is 5.93. The van der Waals surface area contributed by atoms with E-state index in [1.165, 1.54) is 44.4 Å². The van der Waals surface area contributed by atoms with E-state index in [0.717, 1.165) is 15.0 Å². The highest BCUT2D eigenvalue weighted by Crippen LogP contribution is 2.25. The number of halogens is 2. The molecule has 0 aliphatic carbocycles. The summed E-state index contributed by atoms with van der Waals surface area (Å²) in [5.74, 6) is 0.117. The fourth-order valence-electron chi connectivity index (χ4n) is 2.14. The van der Waals surface area contributed by atoms with E-state index in [1.54, 1.807) is 23.9 Å². The summed E-state index contributed by atoms with van der Waals surface area (Å²) in [4.78, 5) is 13.1. The van der Waals surface area contributed by atoms with Crippen molar-refractivity contribution in [3.05, 3.63) is 58.9 Å². The Morgan fingerprint density at radius 2 is 1.85 bits per heavy atom. The van der Waals surface area contributed by atoms with Crippen LogP contribution >= 0.6 is 23.4 Å². The Hall–Kier alpha value is -1.61. The van der Waals surface area contributed by atoms with Gasteiger partial charge in [0.1, 0.15) is 10.7 Å². The average Bonchev–Trinajstić information content (AvgIpc) is 2.62. The van der Waals surface area contributed by atoms with E-state index < -0.39 is 10.0 Å². The van der Waals surface area contributed by atoms with E-state index in [0.29, 0.717) is 13.0 Å². The smallest absolute Gasteiger partial charge is 0.251 e. The van der Waals surface area contributed by atoms with Crippen molar-refractivity contribution >= 4 is 39.3 Å². The predicted octanol–water partition coefficient (Wildman–Crippen LogP) is 3.64. The maximum atomic E-state index is 12.8. The number of amides is 1. The number of benzene rings is 2. The fraction of sp³-hybridized carbons (Fsp3) is 0.278. The molecule has 0 spiro atoms. The monoisotopic (exact) mass is 430 g/mol. The number of carbonyl (C=O) groups is 1. The van der Waals surface area contributed by atoms with Crippen molar-refractivity contribution < 1.29 is 17.6 Å². The van der Waals surface area contributed by atoms with Gasteiger partial charge in [0.05, 0.1) is 5.02 Å². The molecule has 0 heterocycles. The normalized spacial score (nSPS) is 11.6. The van der Waals surface area contributed by atoms with E-state index in [4.69, 9.17) is 11.6 Å². The first-order valence-electron chi connectivity index (χ1n) is 8.10. The zero-order valence-corrected chi connectivity index (χ0v) is 17.3. The number of carbonyl (C=O) groups excluding carboxylic acids is 1. The standard InChI is InChI=1S/C18H20ClFN2O3S2/c1-22(2)27(24,25)17-12-13(4-9-16(17)19)18(23)21-10-3-11-26-15-7-5-14(20)6-8-15/h4-9,12H,3,10-11H2,1-2H3,(H,21,23). The molecule has 0 saturated heterocycles. The van der Waals surface area contributed by atoms with Crippen molar-refractivity contribution in [3.8, 4) is 0 Å². The number of sulfonamides is 1. The lowest BCUT2D eigenvalue weighted by atomic mass is 10.2. The number of hydrogen-bond acceptors (Lipinski definition) is 4. The van der Waals surface area contributed by atoms with Crippen molar-refractivity contribution in [3.63, 3.8) is 0 Å². The van der Waals surface area contributed by atoms with Crippen LogP contribution in [0.3, 0.4) is 0 Å². The molecule has 0 aliphatic rings. The molecule has 0 saturated carbocycles. The van der Waals surface area contributed by atoms with Crippen LogP contribution in [-0.2, 0) is 10.0 Å². The van der Waals surface area contributed by atoms with Gasteiger partial charge in [0.25, 0.3) is 5.91 Å². The molecule has 2 aromatic rings. The van der Waals surface area contributed by atoms with E-state index in [9.17, 15) is 17.6 Å². The second kappa shape index (κ2) is 9.54. The summed E-state index contributed by atoms with van der Waals surface area (Å²) in [7, 11) is -0.935. The number of thioether (sulfide) groups is 1. The third-order valence-corrected chi connectivity index (χ3v) is 7.04. The van der Waals surface area contributed by atoms with E-state index in [-0.39, 0.29) is 27.2 Å². The van der Waals surface area contributed by atoms with Gasteiger partial charge in [-0.2, -0.15) is 0 Å². The van der Waals surface area contributed by atoms with E-state index in [1.807, 2.05) is 0 Å². The summed E-state index contributed by atoms with van der Waals surface area (Å²) in [6.45, 7) is 0.436. The van der Waals surface area contributed by atoms with Crippen molar-refractivity contribution in [2.45, 2.75) is 16.2 Å². The summed E-state index contributed by atoms with van der Waals surface area (Å²) < 4.78 is 38.4. The molecular formula is C18H20ClFN2O3S2. The topological polar surface area (TPSA) is 66.5 Å². The Morgan fingerprint density at radius 1 is 1.19 bits per heavy atom. The van der Waals surface area contributed by atoms with Crippen LogP contribution in [0.5, 0.6) is 0 Å². The average molecular weight is 431 g/mol. The zero-order chi connectivity index (χ0) is 20.0. The molecule has 146 valence electrons. The lowest BCUT2D eigenvalue weighted by Crippen LogP contribution is -2.26. The first-order chi connectivity index (χ1) is 12.7. The van der Waals surface area contributed by atoms with Gasteiger partial charge in [0, 0.05) is 31.1 Å². The number of nitrogens with zero attached hydrogens (tertiary/aromatic N) is 1. The van der Waals surface area contributed by atoms with Gasteiger partial charge in [-0.1, -0.05) is 11.6 Å². The molecule has 2 aromatic carbocycles. The summed E-state index contributed by atoms with van der Waals surface area (Å²) >= 11 is 7.55. The van der Waals surface area contributed by atoms with Crippen LogP contribution in [0.25, 0.3) is 0 Å². The van der Waals surface area contributed by atoms with E-state index in [2.05, 4.69) is 5.32 Å². The molecule has 2 rings (SSSR count). The van der Waals surface area contributed by atoms with E-state index >= 15 is 0 Å². The van der Waals surface area contributed by atoms with Crippen LogP contribution in [0.15, 0.2) is 52.3 Å². The van der Waals surface area contributed by atoms with Crippen molar-refractivity contribution in [2.24, 2.45) is 0 Å². The zero-order valence-electron chi connectivity index (χ0n) is 14.9. The van der Waals surface area contributed by atoms with Gasteiger partial charge >= 0.3 is 0 Å². The lowest BCUT2D eigenvalue weighted by molar-refractivity contribution is 0.0953. The van der Waals surface area contributed by atoms with Crippen LogP contribution in [-0.4, -0.2) is 45.0 Å². The molecule has 1 amide bonds. The minimum Gasteiger partial charge on any atom is -0.352 e. The minimum atomic E-state index is -3.74. The highest BCUT2D eigenvalue weighted by Gasteiger charge is 2.22. The molecular weight excluding hydrogens is 411 g/mol. The van der Waals surface area contributed by atoms with Crippen LogP contribution in [0, 0.1) is 5.82 Å². The summed E-state index contributed by atoms with van der Waals surface area (Å²) in [6.07, 6.45) is 0.713. The molecule has 0 bridgehead atoms. The molecule has 0 unspecified atom stereocenters. The quantitative estimate of drug-likeness (QED) is 0.513. The van der Waals surface area contributed by atoms with Gasteiger partial charge in [0.2, 0.25) is 10.0 Å². The molecule has 0 fully saturated rings. The largest absolute Gasteiger partial charge is 0.352 e. The van der Waals surface area contributed by atoms with Crippen LogP contribution in [0.4, 0.5) is 4.39 Å². The second-order valence-electron chi connectivity index (χ2n) is 5.84. The van der Waals surface area contributed by atoms with Crippen molar-refractivity contribution in [1.29, 1.82) is 0 Å². The third-order valence-electron chi connectivity index (χ3n) is 3.64. The first-order valence-corrected chi connectivity index (χ1v) is 10.9. The molecule has 5 nitrogen and oxygen atoms in total. The fourth-order valence-corrected chi connectivity index (χ4v) is 4.38. The Kier molecular flexibility index (Phi) is 7.67. The van der Waals surface area contributed by atoms with Crippen LogP contribution < -0.4 is 5.32 Å². The Bertz CT molecular complexity index is 903. The Labute approximate surface area is 168 Å². The number of nitrogens with one attached hydrogen (secondary N) is 1. The van der Waals surface area contributed by atoms with Gasteiger partial charge in [-0.15, -0.1) is 11.8 Å². The molecule has 0 aliphatic heterocycles. The molecule has 1 N–H and O–H groups in total. The number of rotatable bonds is 8. The first kappa shape index (κ1) is 21.7. The maximum absolute atomic E-state index is 12.8. The van der Waals surface area contributed by atoms with Crippen LogP contribution in [0.1, 0.15) is 16.8 Å². The van der Waals surface area contributed by atoms with Crippen molar-refractivity contribution in [1.82, 2.24) is 9.62 Å². The summed E-state index contributed by atoms with van der Waals surface area (Å²) in [5, 5.41) is 2.82. The molecule has 0 aromatic heterocycles. The highest BCUT2D eigenvalue weighted by atomic mass is 35.5. The molecule has 0 atom stereocenters. The Balaban J connectivity index is 1.90. The van der Waals surface area contributed by atoms with Gasteiger partial charge in [-0.05, 0) is 54.6 Å². The maximum Gasteiger partial charge on any atom is 0.251 e. The second-order valence-corrected chi connectivity index (χ2v) is 9.54. The van der Waals surface area contributed by atoms with Crippen molar-refractivity contribution in [2.75, 3.05) is 26.4 Å². The van der Waals surface area contributed by atoms with Crippen LogP contribution in [0.2, 0.25) is 5.02 Å².